The first kappa shape index (κ1) is 10.5. The van der Waals surface area contributed by atoms with Crippen molar-refractivity contribution in [3.63, 3.8) is 0 Å². The number of rotatable bonds is 0. The largest absolute Gasteiger partial charge is 0.286 e. The van der Waals surface area contributed by atoms with E-state index in [0.29, 0.717) is 15.9 Å². The molecule has 78 valence electrons. The molecule has 15 heavy (non-hydrogen) atoms. The van der Waals surface area contributed by atoms with Crippen molar-refractivity contribution >= 4 is 34.1 Å². The molecular formula is C10H8Cl2N2O. The molecule has 2 rings (SSSR count). The molecule has 0 radical (unpaired) electrons. The molecule has 0 aliphatic carbocycles. The molecule has 0 saturated heterocycles. The Bertz CT molecular complexity index is 604. The van der Waals surface area contributed by atoms with Crippen LogP contribution in [0.1, 0.15) is 5.56 Å². The lowest BCUT2D eigenvalue weighted by Crippen LogP contribution is -2.19. The van der Waals surface area contributed by atoms with Crippen LogP contribution in [0, 0.1) is 6.92 Å². The first-order valence-electron chi connectivity index (χ1n) is 4.33. The van der Waals surface area contributed by atoms with Crippen molar-refractivity contribution in [3.05, 3.63) is 38.4 Å². The van der Waals surface area contributed by atoms with Crippen LogP contribution in [-0.2, 0) is 7.05 Å². The molecule has 0 N–H and O–H groups in total. The minimum Gasteiger partial charge on any atom is -0.286 e. The zero-order valence-electron chi connectivity index (χ0n) is 8.21. The lowest BCUT2D eigenvalue weighted by atomic mass is 10.1. The summed E-state index contributed by atoms with van der Waals surface area (Å²) in [5.41, 5.74) is 1.23. The molecule has 5 heteroatoms. The van der Waals surface area contributed by atoms with Gasteiger partial charge in [-0.15, -0.1) is 0 Å². The molecule has 0 unspecified atom stereocenters. The topological polar surface area (TPSA) is 34.9 Å². The van der Waals surface area contributed by atoms with E-state index in [2.05, 4.69) is 4.98 Å². The molecule has 1 heterocycles. The van der Waals surface area contributed by atoms with E-state index < -0.39 is 0 Å². The van der Waals surface area contributed by atoms with Crippen LogP contribution in [0.3, 0.4) is 0 Å². The van der Waals surface area contributed by atoms with E-state index in [-0.39, 0.29) is 10.8 Å². The van der Waals surface area contributed by atoms with Crippen molar-refractivity contribution < 1.29 is 0 Å². The van der Waals surface area contributed by atoms with Crippen molar-refractivity contribution in [1.29, 1.82) is 0 Å². The molecule has 0 aliphatic rings. The maximum atomic E-state index is 11.9. The van der Waals surface area contributed by atoms with Crippen LogP contribution >= 0.6 is 23.2 Å². The summed E-state index contributed by atoms with van der Waals surface area (Å²) in [7, 11) is 1.57. The van der Waals surface area contributed by atoms with Crippen LogP contribution in [0.25, 0.3) is 10.9 Å². The Kier molecular flexibility index (Phi) is 2.44. The van der Waals surface area contributed by atoms with Crippen molar-refractivity contribution in [2.75, 3.05) is 0 Å². The molecule has 2 aromatic rings. The quantitative estimate of drug-likeness (QED) is 0.666. The van der Waals surface area contributed by atoms with Gasteiger partial charge in [0.2, 0.25) is 5.28 Å². The molecule has 1 aromatic heterocycles. The van der Waals surface area contributed by atoms with Gasteiger partial charge in [0, 0.05) is 7.05 Å². The molecule has 0 aliphatic heterocycles. The lowest BCUT2D eigenvalue weighted by Gasteiger charge is -2.06. The number of hydrogen-bond donors (Lipinski definition) is 0. The van der Waals surface area contributed by atoms with Gasteiger partial charge in [-0.05, 0) is 30.2 Å². The first-order valence-corrected chi connectivity index (χ1v) is 5.09. The average Bonchev–Trinajstić information content (AvgIpc) is 2.20. The summed E-state index contributed by atoms with van der Waals surface area (Å²) >= 11 is 11.8. The highest BCUT2D eigenvalue weighted by atomic mass is 35.5. The van der Waals surface area contributed by atoms with Gasteiger partial charge in [-0.1, -0.05) is 17.7 Å². The highest BCUT2D eigenvalue weighted by molar-refractivity contribution is 6.35. The second kappa shape index (κ2) is 3.51. The molecule has 0 bridgehead atoms. The number of nitrogens with zero attached hydrogens (tertiary/aromatic N) is 2. The summed E-state index contributed by atoms with van der Waals surface area (Å²) in [5, 5.41) is 0.988. The predicted molar refractivity (Wildman–Crippen MR) is 61.7 cm³/mol. The van der Waals surface area contributed by atoms with Crippen LogP contribution in [0.4, 0.5) is 0 Å². The maximum Gasteiger partial charge on any atom is 0.263 e. The fourth-order valence-electron chi connectivity index (χ4n) is 1.44. The fourth-order valence-corrected chi connectivity index (χ4v) is 1.83. The second-order valence-corrected chi connectivity index (χ2v) is 4.08. The molecule has 0 saturated carbocycles. The predicted octanol–water partition coefficient (Wildman–Crippen LogP) is 2.55. The number of halogens is 2. The number of aromatic nitrogens is 2. The van der Waals surface area contributed by atoms with Gasteiger partial charge >= 0.3 is 0 Å². The van der Waals surface area contributed by atoms with E-state index in [1.807, 2.05) is 13.0 Å². The Balaban J connectivity index is 3.12. The van der Waals surface area contributed by atoms with Crippen LogP contribution in [0.5, 0.6) is 0 Å². The van der Waals surface area contributed by atoms with Crippen LogP contribution < -0.4 is 5.56 Å². The summed E-state index contributed by atoms with van der Waals surface area (Å²) in [4.78, 5) is 16.0. The van der Waals surface area contributed by atoms with Crippen LogP contribution in [0.15, 0.2) is 16.9 Å². The number of hydrogen-bond acceptors (Lipinski definition) is 2. The number of benzene rings is 1. The van der Waals surface area contributed by atoms with Gasteiger partial charge in [-0.3, -0.25) is 9.36 Å². The zero-order valence-corrected chi connectivity index (χ0v) is 9.73. The second-order valence-electron chi connectivity index (χ2n) is 3.33. The molecule has 1 aromatic carbocycles. The molecule has 0 spiro atoms. The van der Waals surface area contributed by atoms with Crippen molar-refractivity contribution in [2.24, 2.45) is 7.05 Å². The number of aryl methyl sites for hydroxylation is 1. The Hall–Kier alpha value is -1.06. The Morgan fingerprint density at radius 3 is 2.67 bits per heavy atom. The van der Waals surface area contributed by atoms with Crippen molar-refractivity contribution in [1.82, 2.24) is 9.55 Å². The third-order valence-electron chi connectivity index (χ3n) is 2.33. The summed E-state index contributed by atoms with van der Waals surface area (Å²) in [5.74, 6) is 0. The van der Waals surface area contributed by atoms with Gasteiger partial charge in [0.15, 0.2) is 0 Å². The normalized spacial score (nSPS) is 10.9. The third kappa shape index (κ3) is 1.52. The Morgan fingerprint density at radius 2 is 2.00 bits per heavy atom. The lowest BCUT2D eigenvalue weighted by molar-refractivity contribution is 0.843. The molecule has 0 fully saturated rings. The van der Waals surface area contributed by atoms with Gasteiger partial charge in [-0.25, -0.2) is 4.98 Å². The minimum atomic E-state index is -0.223. The SMILES string of the molecule is Cc1ccc(Cl)c2c(=O)n(C)c(Cl)nc12. The molecular weight excluding hydrogens is 235 g/mol. The van der Waals surface area contributed by atoms with Crippen LogP contribution in [0.2, 0.25) is 10.3 Å². The van der Waals surface area contributed by atoms with Crippen molar-refractivity contribution in [3.8, 4) is 0 Å². The van der Waals surface area contributed by atoms with E-state index in [1.54, 1.807) is 13.1 Å². The van der Waals surface area contributed by atoms with Gasteiger partial charge in [0.05, 0.1) is 15.9 Å². The van der Waals surface area contributed by atoms with Gasteiger partial charge in [-0.2, -0.15) is 0 Å². The Labute approximate surface area is 96.3 Å². The fraction of sp³-hybridized carbons (Fsp3) is 0.200. The molecule has 0 atom stereocenters. The van der Waals surface area contributed by atoms with Gasteiger partial charge in [0.25, 0.3) is 5.56 Å². The highest BCUT2D eigenvalue weighted by Crippen LogP contribution is 2.22. The van der Waals surface area contributed by atoms with Crippen molar-refractivity contribution in [2.45, 2.75) is 6.92 Å². The first-order chi connectivity index (χ1) is 7.02. The standard InChI is InChI=1S/C10H8Cl2N2O/c1-5-3-4-6(11)7-8(5)13-10(12)14(2)9(7)15/h3-4H,1-2H3. The van der Waals surface area contributed by atoms with E-state index in [4.69, 9.17) is 23.2 Å². The summed E-state index contributed by atoms with van der Waals surface area (Å²) in [6.45, 7) is 1.86. The molecule has 3 nitrogen and oxygen atoms in total. The average molecular weight is 243 g/mol. The zero-order chi connectivity index (χ0) is 11.2. The van der Waals surface area contributed by atoms with E-state index in [1.165, 1.54) is 4.57 Å². The Morgan fingerprint density at radius 1 is 1.33 bits per heavy atom. The maximum absolute atomic E-state index is 11.9. The summed E-state index contributed by atoms with van der Waals surface area (Å²) in [6, 6.07) is 3.50. The minimum absolute atomic E-state index is 0.165. The van der Waals surface area contributed by atoms with E-state index in [9.17, 15) is 4.79 Å². The smallest absolute Gasteiger partial charge is 0.263 e. The molecule has 0 amide bonds. The highest BCUT2D eigenvalue weighted by Gasteiger charge is 2.11. The monoisotopic (exact) mass is 242 g/mol. The number of fused-ring (bicyclic) bond motifs is 1. The van der Waals surface area contributed by atoms with Crippen LogP contribution in [-0.4, -0.2) is 9.55 Å². The third-order valence-corrected chi connectivity index (χ3v) is 2.98. The van der Waals surface area contributed by atoms with E-state index >= 15 is 0 Å². The summed E-state index contributed by atoms with van der Waals surface area (Å²) < 4.78 is 1.27. The van der Waals surface area contributed by atoms with Gasteiger partial charge in [0.1, 0.15) is 0 Å². The van der Waals surface area contributed by atoms with Gasteiger partial charge < -0.3 is 0 Å². The van der Waals surface area contributed by atoms with E-state index in [0.717, 1.165) is 5.56 Å². The summed E-state index contributed by atoms with van der Waals surface area (Å²) in [6.07, 6.45) is 0.